The number of nitrogens with zero attached hydrogens (tertiary/aromatic N) is 2. The van der Waals surface area contributed by atoms with E-state index in [1.54, 1.807) is 36.9 Å². The van der Waals surface area contributed by atoms with Crippen LogP contribution in [-0.4, -0.2) is 29.3 Å². The zero-order chi connectivity index (χ0) is 28.0. The second-order valence-electron chi connectivity index (χ2n) is 9.04. The van der Waals surface area contributed by atoms with Gasteiger partial charge >= 0.3 is 5.97 Å². The van der Waals surface area contributed by atoms with E-state index in [2.05, 4.69) is 5.32 Å². The maximum Gasteiger partial charge on any atom is 0.338 e. The Morgan fingerprint density at radius 1 is 1.10 bits per heavy atom. The second-order valence-corrected chi connectivity index (χ2v) is 11.3. The second kappa shape index (κ2) is 10.6. The molecule has 0 unspecified atom stereocenters. The molecule has 1 amide bonds. The van der Waals surface area contributed by atoms with Gasteiger partial charge < -0.3 is 10.1 Å². The Balaban J connectivity index is 1.71. The van der Waals surface area contributed by atoms with Crippen LogP contribution in [0.1, 0.15) is 29.7 Å². The van der Waals surface area contributed by atoms with Crippen molar-refractivity contribution in [2.45, 2.75) is 17.9 Å². The standard InChI is InChI=1S/C30H22ClN3O4S2/c1-3-38-29(37)23-24(16-7-5-4-6-8-16)33-30-34(25(23)17-9-12-19(39-2)13-10-17)28(36)26(40-30)22-20-15-18(31)11-14-21(20)32-27(22)35/h4-15,25H,3H2,1-2H3,(H,32,35)/b26-22-/t25-/m1/s1. The maximum atomic E-state index is 14.2. The summed E-state index contributed by atoms with van der Waals surface area (Å²) in [6.45, 7) is 1.90. The Morgan fingerprint density at radius 3 is 2.55 bits per heavy atom. The lowest BCUT2D eigenvalue weighted by Crippen LogP contribution is -2.40. The average molecular weight is 588 g/mol. The lowest BCUT2D eigenvalue weighted by molar-refractivity contribution is -0.138. The molecule has 4 aromatic rings. The molecule has 7 nitrogen and oxygen atoms in total. The summed E-state index contributed by atoms with van der Waals surface area (Å²) in [5.74, 6) is -0.950. The minimum Gasteiger partial charge on any atom is -0.463 e. The van der Waals surface area contributed by atoms with Crippen LogP contribution in [0.15, 0.2) is 93.1 Å². The first-order valence-corrected chi connectivity index (χ1v) is 14.9. The van der Waals surface area contributed by atoms with Crippen LogP contribution < -0.4 is 20.2 Å². The zero-order valence-electron chi connectivity index (χ0n) is 21.4. The van der Waals surface area contributed by atoms with Crippen molar-refractivity contribution in [1.29, 1.82) is 0 Å². The van der Waals surface area contributed by atoms with Crippen LogP contribution in [0.5, 0.6) is 0 Å². The third kappa shape index (κ3) is 4.40. The van der Waals surface area contributed by atoms with E-state index in [-0.39, 0.29) is 22.3 Å². The van der Waals surface area contributed by atoms with E-state index in [0.717, 1.165) is 21.8 Å². The first kappa shape index (κ1) is 26.3. The number of hydrogen-bond acceptors (Lipinski definition) is 7. The number of carbonyl (C=O) groups is 2. The number of anilines is 1. The summed E-state index contributed by atoms with van der Waals surface area (Å²) in [5, 5.41) is 3.27. The third-order valence-corrected chi connectivity index (χ3v) is 8.77. The number of rotatable bonds is 5. The minimum absolute atomic E-state index is 0.162. The fourth-order valence-electron chi connectivity index (χ4n) is 4.96. The molecular formula is C30H22ClN3O4S2. The summed E-state index contributed by atoms with van der Waals surface area (Å²) in [4.78, 5) is 47.2. The highest BCUT2D eigenvalue weighted by Crippen LogP contribution is 2.36. The monoisotopic (exact) mass is 587 g/mol. The van der Waals surface area contributed by atoms with Crippen molar-refractivity contribution in [3.63, 3.8) is 0 Å². The van der Waals surface area contributed by atoms with E-state index in [1.807, 2.05) is 60.9 Å². The molecule has 2 aliphatic heterocycles. The highest BCUT2D eigenvalue weighted by atomic mass is 35.5. The fraction of sp³-hybridized carbons (Fsp3) is 0.133. The normalized spacial score (nSPS) is 17.2. The Morgan fingerprint density at radius 2 is 1.85 bits per heavy atom. The highest BCUT2D eigenvalue weighted by molar-refractivity contribution is 7.98. The van der Waals surface area contributed by atoms with Gasteiger partial charge in [0, 0.05) is 26.7 Å². The van der Waals surface area contributed by atoms with E-state index < -0.39 is 23.5 Å². The van der Waals surface area contributed by atoms with Gasteiger partial charge in [0.25, 0.3) is 11.5 Å². The van der Waals surface area contributed by atoms with Gasteiger partial charge in [-0.1, -0.05) is 65.4 Å². The molecular weight excluding hydrogens is 566 g/mol. The highest BCUT2D eigenvalue weighted by Gasteiger charge is 2.36. The van der Waals surface area contributed by atoms with Gasteiger partial charge in [-0.05, 0) is 49.1 Å². The van der Waals surface area contributed by atoms with Crippen molar-refractivity contribution in [2.75, 3.05) is 18.2 Å². The summed E-state index contributed by atoms with van der Waals surface area (Å²) in [6, 6.07) is 21.3. The van der Waals surface area contributed by atoms with E-state index in [1.165, 1.54) is 4.57 Å². The molecule has 0 fully saturated rings. The molecule has 3 heterocycles. The smallest absolute Gasteiger partial charge is 0.338 e. The van der Waals surface area contributed by atoms with Gasteiger partial charge in [-0.25, -0.2) is 9.79 Å². The summed E-state index contributed by atoms with van der Waals surface area (Å²) >= 11 is 8.96. The number of aromatic nitrogens is 1. The van der Waals surface area contributed by atoms with Crippen LogP contribution >= 0.6 is 34.7 Å². The molecule has 0 spiro atoms. The molecule has 3 aromatic carbocycles. The van der Waals surface area contributed by atoms with Gasteiger partial charge in [0.1, 0.15) is 4.53 Å². The first-order chi connectivity index (χ1) is 19.4. The number of carbonyl (C=O) groups excluding carboxylic acids is 2. The predicted molar refractivity (Wildman–Crippen MR) is 158 cm³/mol. The van der Waals surface area contributed by atoms with E-state index in [4.69, 9.17) is 21.3 Å². The number of fused-ring (bicyclic) bond motifs is 2. The molecule has 2 aliphatic rings. The Labute approximate surface area is 242 Å². The van der Waals surface area contributed by atoms with Crippen molar-refractivity contribution in [1.82, 2.24) is 4.57 Å². The number of halogens is 1. The molecule has 0 saturated carbocycles. The Hall–Kier alpha value is -3.92. The molecule has 40 heavy (non-hydrogen) atoms. The third-order valence-electron chi connectivity index (χ3n) is 6.73. The van der Waals surface area contributed by atoms with Gasteiger partial charge in [-0.3, -0.25) is 14.2 Å². The SMILES string of the molecule is CCOC(=O)C1=C(c2ccccc2)N=c2s/c(=C3\C(=O)Nc4ccc(Cl)cc43)c(=O)n2[C@@H]1c1ccc(SC)cc1. The fourth-order valence-corrected chi connectivity index (χ4v) is 6.63. The van der Waals surface area contributed by atoms with Crippen LogP contribution in [-0.2, 0) is 14.3 Å². The van der Waals surface area contributed by atoms with Crippen molar-refractivity contribution < 1.29 is 14.3 Å². The molecule has 0 saturated heterocycles. The number of benzene rings is 3. The predicted octanol–water partition coefficient (Wildman–Crippen LogP) is 4.63. The maximum absolute atomic E-state index is 14.2. The Kier molecular flexibility index (Phi) is 6.95. The number of nitrogens with one attached hydrogen (secondary N) is 1. The van der Waals surface area contributed by atoms with Crippen LogP contribution in [0.4, 0.5) is 5.69 Å². The average Bonchev–Trinajstić information content (AvgIpc) is 3.47. The van der Waals surface area contributed by atoms with E-state index in [9.17, 15) is 14.4 Å². The van der Waals surface area contributed by atoms with Gasteiger partial charge in [0.15, 0.2) is 4.80 Å². The minimum atomic E-state index is -0.820. The molecule has 1 N–H and O–H groups in total. The molecule has 1 aromatic heterocycles. The van der Waals surface area contributed by atoms with Gasteiger partial charge in [0.2, 0.25) is 0 Å². The van der Waals surface area contributed by atoms with Crippen molar-refractivity contribution in [3.05, 3.63) is 120 Å². The number of amides is 1. The molecule has 200 valence electrons. The lowest BCUT2D eigenvalue weighted by atomic mass is 9.93. The topological polar surface area (TPSA) is 89.8 Å². The summed E-state index contributed by atoms with van der Waals surface area (Å²) in [6.07, 6.45) is 1.98. The van der Waals surface area contributed by atoms with Crippen LogP contribution in [0.3, 0.4) is 0 Å². The summed E-state index contributed by atoms with van der Waals surface area (Å²) in [5.41, 5.74) is 3.07. The van der Waals surface area contributed by atoms with Crippen molar-refractivity contribution >= 4 is 63.5 Å². The Bertz CT molecular complexity index is 1890. The number of thiazole rings is 1. The van der Waals surface area contributed by atoms with E-state index >= 15 is 0 Å². The number of thioether (sulfide) groups is 1. The molecule has 0 radical (unpaired) electrons. The van der Waals surface area contributed by atoms with Crippen molar-refractivity contribution in [3.8, 4) is 0 Å². The molecule has 0 aliphatic carbocycles. The summed E-state index contributed by atoms with van der Waals surface area (Å²) < 4.78 is 7.23. The van der Waals surface area contributed by atoms with Crippen LogP contribution in [0.25, 0.3) is 11.3 Å². The molecule has 6 rings (SSSR count). The quantitative estimate of drug-likeness (QED) is 0.272. The van der Waals surface area contributed by atoms with Crippen molar-refractivity contribution in [2.24, 2.45) is 4.99 Å². The number of hydrogen-bond donors (Lipinski definition) is 1. The number of ether oxygens (including phenoxy) is 1. The first-order valence-electron chi connectivity index (χ1n) is 12.5. The zero-order valence-corrected chi connectivity index (χ0v) is 23.8. The molecule has 10 heteroatoms. The van der Waals surface area contributed by atoms with Gasteiger partial charge in [-0.2, -0.15) is 0 Å². The number of esters is 1. The summed E-state index contributed by atoms with van der Waals surface area (Å²) in [7, 11) is 0. The molecule has 0 bridgehead atoms. The largest absolute Gasteiger partial charge is 0.463 e. The van der Waals surface area contributed by atoms with Gasteiger partial charge in [-0.15, -0.1) is 11.8 Å². The van der Waals surface area contributed by atoms with Crippen LogP contribution in [0.2, 0.25) is 5.02 Å². The van der Waals surface area contributed by atoms with Crippen LogP contribution in [0, 0.1) is 0 Å². The molecule has 1 atom stereocenters. The van der Waals surface area contributed by atoms with Gasteiger partial charge in [0.05, 0.1) is 29.5 Å². The van der Waals surface area contributed by atoms with E-state index in [0.29, 0.717) is 32.3 Å². The lowest BCUT2D eigenvalue weighted by Gasteiger charge is -2.26.